The number of aliphatic hydroxyl groups is 1. The number of H-pyrrole nitrogens is 1. The third-order valence-corrected chi connectivity index (χ3v) is 4.32. The number of rotatable bonds is 5. The maximum atomic E-state index is 9.15. The van der Waals surface area contributed by atoms with Crippen LogP contribution in [0.15, 0.2) is 24.4 Å². The lowest BCUT2D eigenvalue weighted by Crippen LogP contribution is -2.33. The molecule has 0 amide bonds. The second kappa shape index (κ2) is 5.85. The molecule has 3 rings (SSSR count). The van der Waals surface area contributed by atoms with Crippen LogP contribution in [0.5, 0.6) is 5.75 Å². The predicted octanol–water partition coefficient (Wildman–Crippen LogP) is 2.18. The van der Waals surface area contributed by atoms with Crippen LogP contribution in [-0.2, 0) is 6.42 Å². The van der Waals surface area contributed by atoms with Crippen LogP contribution in [0.2, 0.25) is 0 Å². The van der Waals surface area contributed by atoms with Crippen molar-refractivity contribution in [3.63, 3.8) is 0 Å². The average Bonchev–Trinajstić information content (AvgIpc) is 3.07. The van der Waals surface area contributed by atoms with Crippen molar-refractivity contribution < 1.29 is 9.84 Å². The molecule has 1 aromatic heterocycles. The van der Waals surface area contributed by atoms with Gasteiger partial charge in [0.25, 0.3) is 0 Å². The number of methoxy groups -OCH3 is 1. The third kappa shape index (κ3) is 2.53. The van der Waals surface area contributed by atoms with E-state index in [4.69, 9.17) is 9.84 Å². The molecule has 0 saturated carbocycles. The molecule has 1 saturated heterocycles. The highest BCUT2D eigenvalue weighted by molar-refractivity contribution is 5.84. The molecular formula is C16H22N2O2. The van der Waals surface area contributed by atoms with Gasteiger partial charge in [-0.05, 0) is 49.6 Å². The molecule has 0 unspecified atom stereocenters. The minimum Gasteiger partial charge on any atom is -0.497 e. The zero-order valence-electron chi connectivity index (χ0n) is 11.9. The second-order valence-corrected chi connectivity index (χ2v) is 5.49. The van der Waals surface area contributed by atoms with Gasteiger partial charge in [-0.2, -0.15) is 0 Å². The zero-order valence-corrected chi connectivity index (χ0v) is 11.9. The lowest BCUT2D eigenvalue weighted by Gasteiger charge is -2.23. The Morgan fingerprint density at radius 1 is 1.45 bits per heavy atom. The molecule has 2 heterocycles. The number of hydrogen-bond donors (Lipinski definition) is 2. The van der Waals surface area contributed by atoms with Crippen molar-refractivity contribution in [2.24, 2.45) is 0 Å². The van der Waals surface area contributed by atoms with Crippen molar-refractivity contribution in [3.8, 4) is 5.75 Å². The van der Waals surface area contributed by atoms with Gasteiger partial charge in [0.2, 0.25) is 0 Å². The number of aliphatic hydroxyl groups excluding tert-OH is 1. The Morgan fingerprint density at radius 2 is 2.35 bits per heavy atom. The van der Waals surface area contributed by atoms with E-state index >= 15 is 0 Å². The smallest absolute Gasteiger partial charge is 0.119 e. The summed E-state index contributed by atoms with van der Waals surface area (Å²) in [6.07, 6.45) is 5.60. The molecule has 108 valence electrons. The van der Waals surface area contributed by atoms with Crippen molar-refractivity contribution in [1.82, 2.24) is 9.88 Å². The van der Waals surface area contributed by atoms with Crippen molar-refractivity contribution in [3.05, 3.63) is 30.0 Å². The second-order valence-electron chi connectivity index (χ2n) is 5.49. The summed E-state index contributed by atoms with van der Waals surface area (Å²) < 4.78 is 5.32. The van der Waals surface area contributed by atoms with Crippen molar-refractivity contribution in [2.45, 2.75) is 25.3 Å². The molecule has 2 aromatic rings. The van der Waals surface area contributed by atoms with Crippen LogP contribution in [0.4, 0.5) is 0 Å². The van der Waals surface area contributed by atoms with Crippen molar-refractivity contribution in [2.75, 3.05) is 26.8 Å². The van der Waals surface area contributed by atoms with Crippen LogP contribution < -0.4 is 4.74 Å². The van der Waals surface area contributed by atoms with Gasteiger partial charge in [0.15, 0.2) is 0 Å². The molecule has 0 spiro atoms. The topological polar surface area (TPSA) is 48.5 Å². The van der Waals surface area contributed by atoms with Crippen LogP contribution >= 0.6 is 0 Å². The third-order valence-electron chi connectivity index (χ3n) is 4.32. The summed E-state index contributed by atoms with van der Waals surface area (Å²) in [5, 5.41) is 10.4. The fourth-order valence-electron chi connectivity index (χ4n) is 3.26. The van der Waals surface area contributed by atoms with Crippen LogP contribution in [0.1, 0.15) is 18.4 Å². The lowest BCUT2D eigenvalue weighted by atomic mass is 10.0. The number of likely N-dealkylation sites (tertiary alicyclic amines) is 1. The monoisotopic (exact) mass is 274 g/mol. The predicted molar refractivity (Wildman–Crippen MR) is 80.2 cm³/mol. The molecule has 1 aliphatic rings. The van der Waals surface area contributed by atoms with Crippen LogP contribution in [0.25, 0.3) is 10.9 Å². The molecule has 1 aromatic carbocycles. The van der Waals surface area contributed by atoms with Gasteiger partial charge in [0.05, 0.1) is 13.7 Å². The lowest BCUT2D eigenvalue weighted by molar-refractivity contribution is 0.184. The van der Waals surface area contributed by atoms with E-state index in [-0.39, 0.29) is 6.61 Å². The number of aromatic nitrogens is 1. The number of hydrogen-bond acceptors (Lipinski definition) is 3. The van der Waals surface area contributed by atoms with Gasteiger partial charge in [-0.3, -0.25) is 4.90 Å². The van der Waals surface area contributed by atoms with Crippen molar-refractivity contribution >= 4 is 10.9 Å². The molecule has 1 atom stereocenters. The fourth-order valence-corrected chi connectivity index (χ4v) is 3.26. The van der Waals surface area contributed by atoms with E-state index in [2.05, 4.69) is 28.2 Å². The van der Waals surface area contributed by atoms with Crippen LogP contribution in [-0.4, -0.2) is 47.8 Å². The molecule has 20 heavy (non-hydrogen) atoms. The normalized spacial score (nSPS) is 19.8. The Morgan fingerprint density at radius 3 is 3.15 bits per heavy atom. The van der Waals surface area contributed by atoms with Gasteiger partial charge in [-0.1, -0.05) is 0 Å². The fraction of sp³-hybridized carbons (Fsp3) is 0.500. The first-order valence-electron chi connectivity index (χ1n) is 7.30. The SMILES string of the molecule is COc1ccc2[nH]cc(C[C@H]3CCCN3CCO)c2c1. The summed E-state index contributed by atoms with van der Waals surface area (Å²) in [4.78, 5) is 5.74. The maximum Gasteiger partial charge on any atom is 0.119 e. The Hall–Kier alpha value is -1.52. The van der Waals surface area contributed by atoms with Gasteiger partial charge in [-0.25, -0.2) is 0 Å². The van der Waals surface area contributed by atoms with E-state index in [1.165, 1.54) is 23.8 Å². The molecule has 1 fully saturated rings. The molecule has 2 N–H and O–H groups in total. The van der Waals surface area contributed by atoms with E-state index < -0.39 is 0 Å². The summed E-state index contributed by atoms with van der Waals surface area (Å²) in [6.45, 7) is 2.14. The van der Waals surface area contributed by atoms with E-state index in [0.717, 1.165) is 30.8 Å². The summed E-state index contributed by atoms with van der Waals surface area (Å²) in [7, 11) is 1.70. The number of benzene rings is 1. The highest BCUT2D eigenvalue weighted by Gasteiger charge is 2.24. The molecule has 0 bridgehead atoms. The highest BCUT2D eigenvalue weighted by atomic mass is 16.5. The molecular weight excluding hydrogens is 252 g/mol. The number of nitrogens with zero attached hydrogens (tertiary/aromatic N) is 1. The number of aromatic amines is 1. The molecule has 4 heteroatoms. The number of fused-ring (bicyclic) bond motifs is 1. The number of ether oxygens (including phenoxy) is 1. The van der Waals surface area contributed by atoms with Gasteiger partial charge < -0.3 is 14.8 Å². The maximum absolute atomic E-state index is 9.15. The van der Waals surface area contributed by atoms with E-state index in [1.54, 1.807) is 7.11 Å². The minimum atomic E-state index is 0.248. The minimum absolute atomic E-state index is 0.248. The summed E-state index contributed by atoms with van der Waals surface area (Å²) in [5.74, 6) is 0.900. The van der Waals surface area contributed by atoms with Gasteiger partial charge in [0.1, 0.15) is 5.75 Å². The van der Waals surface area contributed by atoms with E-state index in [0.29, 0.717) is 6.04 Å². The Kier molecular flexibility index (Phi) is 3.94. The number of β-amino-alcohol motifs (C(OH)–C–C–N with tert-alkyl or cyclic N) is 1. The first-order valence-corrected chi connectivity index (χ1v) is 7.30. The Balaban J connectivity index is 1.83. The first-order chi connectivity index (χ1) is 9.81. The Bertz CT molecular complexity index is 579. The highest BCUT2D eigenvalue weighted by Crippen LogP contribution is 2.27. The molecule has 0 radical (unpaired) electrons. The van der Waals surface area contributed by atoms with E-state index in [9.17, 15) is 0 Å². The summed E-state index contributed by atoms with van der Waals surface area (Å²) >= 11 is 0. The summed E-state index contributed by atoms with van der Waals surface area (Å²) in [6, 6.07) is 6.70. The largest absolute Gasteiger partial charge is 0.497 e. The van der Waals surface area contributed by atoms with E-state index in [1.807, 2.05) is 6.07 Å². The molecule has 4 nitrogen and oxygen atoms in total. The van der Waals surface area contributed by atoms with Gasteiger partial charge in [0, 0.05) is 29.7 Å². The van der Waals surface area contributed by atoms with Gasteiger partial charge in [-0.15, -0.1) is 0 Å². The Labute approximate surface area is 119 Å². The van der Waals surface area contributed by atoms with Crippen molar-refractivity contribution in [1.29, 1.82) is 0 Å². The average molecular weight is 274 g/mol. The standard InChI is InChI=1S/C16H22N2O2/c1-20-14-4-5-16-15(10-14)12(11-17-16)9-13-3-2-6-18(13)7-8-19/h4-5,10-11,13,17,19H,2-3,6-9H2,1H3/t13-/m1/s1. The zero-order chi connectivity index (χ0) is 13.9. The van der Waals surface area contributed by atoms with Crippen LogP contribution in [0, 0.1) is 0 Å². The molecule has 0 aliphatic carbocycles. The quantitative estimate of drug-likeness (QED) is 0.878. The molecule has 1 aliphatic heterocycles. The summed E-state index contributed by atoms with van der Waals surface area (Å²) in [5.41, 5.74) is 2.50. The van der Waals surface area contributed by atoms with Crippen LogP contribution in [0.3, 0.4) is 0 Å². The van der Waals surface area contributed by atoms with Gasteiger partial charge >= 0.3 is 0 Å². The first kappa shape index (κ1) is 13.5. The number of nitrogens with one attached hydrogen (secondary N) is 1.